The van der Waals surface area contributed by atoms with Gasteiger partial charge in [0.05, 0.1) is 18.5 Å². The van der Waals surface area contributed by atoms with Gasteiger partial charge in [0.2, 0.25) is 0 Å². The van der Waals surface area contributed by atoms with Gasteiger partial charge in [0.1, 0.15) is 5.75 Å². The molecule has 0 spiro atoms. The van der Waals surface area contributed by atoms with Gasteiger partial charge in [-0.25, -0.2) is 0 Å². The Morgan fingerprint density at radius 3 is 2.89 bits per heavy atom. The van der Waals surface area contributed by atoms with Crippen LogP contribution in [0.2, 0.25) is 0 Å². The Morgan fingerprint density at radius 1 is 1.56 bits per heavy atom. The minimum atomic E-state index is -0.0939. The van der Waals surface area contributed by atoms with Crippen LogP contribution in [-0.4, -0.2) is 41.1 Å². The molecule has 0 bridgehead atoms. The zero-order valence-corrected chi connectivity index (χ0v) is 10.5. The van der Waals surface area contributed by atoms with Crippen LogP contribution < -0.4 is 4.74 Å². The van der Waals surface area contributed by atoms with Gasteiger partial charge in [-0.2, -0.15) is 0 Å². The summed E-state index contributed by atoms with van der Waals surface area (Å²) in [5.41, 5.74) is 0.583. The highest BCUT2D eigenvalue weighted by molar-refractivity contribution is 5.77. The second-order valence-electron chi connectivity index (χ2n) is 4.65. The molecule has 0 saturated heterocycles. The summed E-state index contributed by atoms with van der Waals surface area (Å²) in [5.74, 6) is 1.21. The van der Waals surface area contributed by atoms with Crippen LogP contribution in [0, 0.1) is 5.92 Å². The van der Waals surface area contributed by atoms with Crippen molar-refractivity contribution >= 4 is 5.91 Å². The van der Waals surface area contributed by atoms with Crippen molar-refractivity contribution < 1.29 is 14.6 Å². The third-order valence-corrected chi connectivity index (χ3v) is 2.98. The van der Waals surface area contributed by atoms with Crippen LogP contribution in [0.15, 0.2) is 18.3 Å². The molecule has 0 unspecified atom stereocenters. The van der Waals surface area contributed by atoms with E-state index >= 15 is 0 Å². The smallest absolute Gasteiger partial charge is 0.260 e. The zero-order chi connectivity index (χ0) is 13.0. The van der Waals surface area contributed by atoms with E-state index in [0.29, 0.717) is 17.4 Å². The minimum absolute atomic E-state index is 0.0202. The fourth-order valence-electron chi connectivity index (χ4n) is 1.63. The molecule has 0 aromatic carbocycles. The van der Waals surface area contributed by atoms with Gasteiger partial charge in [0.15, 0.2) is 6.61 Å². The number of aliphatic hydroxyl groups excluding tert-OH is 1. The predicted molar refractivity (Wildman–Crippen MR) is 66.0 cm³/mol. The summed E-state index contributed by atoms with van der Waals surface area (Å²) >= 11 is 0. The lowest BCUT2D eigenvalue weighted by Crippen LogP contribution is -2.33. The van der Waals surface area contributed by atoms with Gasteiger partial charge < -0.3 is 14.7 Å². The van der Waals surface area contributed by atoms with E-state index in [-0.39, 0.29) is 19.1 Å². The number of hydrogen-bond donors (Lipinski definition) is 1. The average Bonchev–Trinajstić information content (AvgIpc) is 3.20. The first-order valence-electron chi connectivity index (χ1n) is 6.11. The maximum Gasteiger partial charge on any atom is 0.260 e. The summed E-state index contributed by atoms with van der Waals surface area (Å²) in [6.07, 6.45) is 3.97. The standard InChI is InChI=1S/C13H18N2O3/c1-15(7-10-2-3-10)13(17)9-18-12-5-4-11(8-16)14-6-12/h4-6,10,16H,2-3,7-9H2,1H3. The molecule has 1 aromatic rings. The Morgan fingerprint density at radius 2 is 2.33 bits per heavy atom. The third kappa shape index (κ3) is 3.70. The summed E-state index contributed by atoms with van der Waals surface area (Å²) in [5, 5.41) is 8.85. The van der Waals surface area contributed by atoms with Crippen molar-refractivity contribution in [2.75, 3.05) is 20.2 Å². The van der Waals surface area contributed by atoms with Crippen LogP contribution in [0.1, 0.15) is 18.5 Å². The molecule has 0 atom stereocenters. The first-order valence-corrected chi connectivity index (χ1v) is 6.11. The Hall–Kier alpha value is -1.62. The van der Waals surface area contributed by atoms with E-state index in [0.717, 1.165) is 6.54 Å². The molecule has 1 heterocycles. The van der Waals surface area contributed by atoms with Crippen molar-refractivity contribution in [3.8, 4) is 5.75 Å². The van der Waals surface area contributed by atoms with Crippen LogP contribution >= 0.6 is 0 Å². The first-order chi connectivity index (χ1) is 8.69. The molecule has 1 saturated carbocycles. The van der Waals surface area contributed by atoms with E-state index in [4.69, 9.17) is 9.84 Å². The van der Waals surface area contributed by atoms with Crippen LogP contribution in [0.4, 0.5) is 0 Å². The van der Waals surface area contributed by atoms with Crippen molar-refractivity contribution in [2.45, 2.75) is 19.4 Å². The van der Waals surface area contributed by atoms with Crippen LogP contribution in [0.25, 0.3) is 0 Å². The molecule has 2 rings (SSSR count). The number of ether oxygens (including phenoxy) is 1. The van der Waals surface area contributed by atoms with Crippen LogP contribution in [0.5, 0.6) is 5.75 Å². The van der Waals surface area contributed by atoms with E-state index in [1.165, 1.54) is 19.0 Å². The number of rotatable bonds is 6. The van der Waals surface area contributed by atoms with E-state index in [1.54, 1.807) is 24.1 Å². The molecule has 5 nitrogen and oxygen atoms in total. The predicted octanol–water partition coefficient (Wildman–Crippen LogP) is 0.821. The maximum atomic E-state index is 11.7. The Balaban J connectivity index is 1.76. The van der Waals surface area contributed by atoms with Gasteiger partial charge in [-0.05, 0) is 30.9 Å². The monoisotopic (exact) mass is 250 g/mol. The summed E-state index contributed by atoms with van der Waals surface area (Å²) in [6, 6.07) is 3.38. The molecular weight excluding hydrogens is 232 g/mol. The number of hydrogen-bond acceptors (Lipinski definition) is 4. The lowest BCUT2D eigenvalue weighted by atomic mass is 10.3. The molecule has 0 aliphatic heterocycles. The van der Waals surface area contributed by atoms with E-state index < -0.39 is 0 Å². The molecule has 1 aliphatic rings. The number of pyridine rings is 1. The lowest BCUT2D eigenvalue weighted by molar-refractivity contribution is -0.132. The number of aliphatic hydroxyl groups is 1. The molecule has 1 N–H and O–H groups in total. The highest BCUT2D eigenvalue weighted by Crippen LogP contribution is 2.29. The normalized spacial score (nSPS) is 14.3. The van der Waals surface area contributed by atoms with Gasteiger partial charge in [-0.3, -0.25) is 9.78 Å². The zero-order valence-electron chi connectivity index (χ0n) is 10.5. The molecular formula is C13H18N2O3. The van der Waals surface area contributed by atoms with Crippen molar-refractivity contribution in [3.05, 3.63) is 24.0 Å². The third-order valence-electron chi connectivity index (χ3n) is 2.98. The molecule has 18 heavy (non-hydrogen) atoms. The fourth-order valence-corrected chi connectivity index (χ4v) is 1.63. The number of amides is 1. The Labute approximate surface area is 106 Å². The number of aromatic nitrogens is 1. The molecule has 1 aromatic heterocycles. The first kappa shape index (κ1) is 12.8. The van der Waals surface area contributed by atoms with Crippen molar-refractivity contribution in [2.24, 2.45) is 5.92 Å². The number of carbonyl (C=O) groups excluding carboxylic acids is 1. The van der Waals surface area contributed by atoms with Gasteiger partial charge in [-0.15, -0.1) is 0 Å². The van der Waals surface area contributed by atoms with Gasteiger partial charge in [-0.1, -0.05) is 0 Å². The number of nitrogens with zero attached hydrogens (tertiary/aromatic N) is 2. The van der Waals surface area contributed by atoms with E-state index in [9.17, 15) is 4.79 Å². The summed E-state index contributed by atoms with van der Waals surface area (Å²) in [7, 11) is 1.80. The van der Waals surface area contributed by atoms with Gasteiger partial charge >= 0.3 is 0 Å². The topological polar surface area (TPSA) is 62.7 Å². The second kappa shape index (κ2) is 5.82. The quantitative estimate of drug-likeness (QED) is 0.812. The largest absolute Gasteiger partial charge is 0.482 e. The molecule has 1 fully saturated rings. The Kier molecular flexibility index (Phi) is 4.15. The fraction of sp³-hybridized carbons (Fsp3) is 0.538. The molecule has 1 aliphatic carbocycles. The van der Waals surface area contributed by atoms with Crippen LogP contribution in [-0.2, 0) is 11.4 Å². The molecule has 5 heteroatoms. The lowest BCUT2D eigenvalue weighted by Gasteiger charge is -2.16. The summed E-state index contributed by atoms with van der Waals surface area (Å²) < 4.78 is 5.36. The molecule has 0 radical (unpaired) electrons. The van der Waals surface area contributed by atoms with Crippen molar-refractivity contribution in [1.82, 2.24) is 9.88 Å². The summed E-state index contributed by atoms with van der Waals surface area (Å²) in [6.45, 7) is 0.761. The van der Waals surface area contributed by atoms with Gasteiger partial charge in [0, 0.05) is 13.6 Å². The Bertz CT molecular complexity index is 401. The average molecular weight is 250 g/mol. The molecule has 1 amide bonds. The van der Waals surface area contributed by atoms with Crippen molar-refractivity contribution in [3.63, 3.8) is 0 Å². The highest BCUT2D eigenvalue weighted by Gasteiger charge is 2.24. The van der Waals surface area contributed by atoms with Crippen molar-refractivity contribution in [1.29, 1.82) is 0 Å². The summed E-state index contributed by atoms with van der Waals surface area (Å²) in [4.78, 5) is 17.4. The minimum Gasteiger partial charge on any atom is -0.482 e. The van der Waals surface area contributed by atoms with E-state index in [2.05, 4.69) is 4.98 Å². The highest BCUT2D eigenvalue weighted by atomic mass is 16.5. The molecule has 98 valence electrons. The maximum absolute atomic E-state index is 11.7. The van der Waals surface area contributed by atoms with Crippen LogP contribution in [0.3, 0.4) is 0 Å². The number of likely N-dealkylation sites (N-methyl/N-ethyl adjacent to an activating group) is 1. The van der Waals surface area contributed by atoms with Gasteiger partial charge in [0.25, 0.3) is 5.91 Å². The SMILES string of the molecule is CN(CC1CC1)C(=O)COc1ccc(CO)nc1. The van der Waals surface area contributed by atoms with E-state index in [1.807, 2.05) is 0 Å². The number of carbonyl (C=O) groups is 1. The second-order valence-corrected chi connectivity index (χ2v) is 4.65.